The first-order chi connectivity index (χ1) is 8.06. The Balaban J connectivity index is 2.65. The highest BCUT2D eigenvalue weighted by atomic mass is 35.5. The van der Waals surface area contributed by atoms with E-state index in [1.807, 2.05) is 6.92 Å². The standard InChI is InChI=1S/C11H15Cl2N3O/c1-2-3-6-15-11(17)16(14)8-4-5-9(12)10(13)7-8/h4-5,7H,2-3,6,14H2,1H3,(H,15,17). The number of hydrazine groups is 1. The van der Waals surface area contributed by atoms with Crippen molar-refractivity contribution in [1.29, 1.82) is 0 Å². The zero-order chi connectivity index (χ0) is 12.8. The number of unbranched alkanes of at least 4 members (excludes halogenated alkanes) is 1. The summed E-state index contributed by atoms with van der Waals surface area (Å²) in [6.07, 6.45) is 1.93. The highest BCUT2D eigenvalue weighted by Crippen LogP contribution is 2.26. The quantitative estimate of drug-likeness (QED) is 0.384. The van der Waals surface area contributed by atoms with Crippen LogP contribution in [0.4, 0.5) is 10.5 Å². The van der Waals surface area contributed by atoms with Crippen LogP contribution < -0.4 is 16.2 Å². The average molecular weight is 276 g/mol. The van der Waals surface area contributed by atoms with E-state index in [-0.39, 0.29) is 6.03 Å². The van der Waals surface area contributed by atoms with Gasteiger partial charge in [-0.3, -0.25) is 0 Å². The number of hydrogen-bond acceptors (Lipinski definition) is 2. The summed E-state index contributed by atoms with van der Waals surface area (Å²) < 4.78 is 0. The molecule has 0 aliphatic carbocycles. The number of benzene rings is 1. The predicted molar refractivity (Wildman–Crippen MR) is 71.4 cm³/mol. The molecule has 1 aromatic carbocycles. The lowest BCUT2D eigenvalue weighted by atomic mass is 10.3. The number of urea groups is 1. The highest BCUT2D eigenvalue weighted by Gasteiger charge is 2.11. The van der Waals surface area contributed by atoms with Gasteiger partial charge in [0.15, 0.2) is 0 Å². The molecule has 1 rings (SSSR count). The molecule has 0 bridgehead atoms. The number of amides is 2. The summed E-state index contributed by atoms with van der Waals surface area (Å²) in [6.45, 7) is 2.65. The third kappa shape index (κ3) is 4.07. The van der Waals surface area contributed by atoms with Crippen molar-refractivity contribution in [1.82, 2.24) is 5.32 Å². The molecule has 4 nitrogen and oxygen atoms in total. The maximum absolute atomic E-state index is 11.6. The molecule has 0 aromatic heterocycles. The normalized spacial score (nSPS) is 10.1. The number of nitrogens with zero attached hydrogens (tertiary/aromatic N) is 1. The average Bonchev–Trinajstić information content (AvgIpc) is 2.32. The first-order valence-corrected chi connectivity index (χ1v) is 6.09. The molecule has 0 atom stereocenters. The fourth-order valence-corrected chi connectivity index (χ4v) is 1.50. The van der Waals surface area contributed by atoms with E-state index in [0.29, 0.717) is 22.3 Å². The summed E-state index contributed by atoms with van der Waals surface area (Å²) in [5, 5.41) is 4.50. The molecule has 0 fully saturated rings. The van der Waals surface area contributed by atoms with Crippen molar-refractivity contribution < 1.29 is 4.79 Å². The molecule has 94 valence electrons. The Morgan fingerprint density at radius 1 is 1.41 bits per heavy atom. The SMILES string of the molecule is CCCCNC(=O)N(N)c1ccc(Cl)c(Cl)c1. The number of nitrogens with two attached hydrogens (primary N) is 1. The zero-order valence-corrected chi connectivity index (χ0v) is 11.1. The molecule has 6 heteroatoms. The van der Waals surface area contributed by atoms with Crippen LogP contribution in [0.1, 0.15) is 19.8 Å². The Morgan fingerprint density at radius 2 is 2.12 bits per heavy atom. The van der Waals surface area contributed by atoms with Gasteiger partial charge in [0.05, 0.1) is 15.7 Å². The first kappa shape index (κ1) is 14.1. The van der Waals surface area contributed by atoms with E-state index in [1.165, 1.54) is 0 Å². The van der Waals surface area contributed by atoms with Gasteiger partial charge in [0.25, 0.3) is 0 Å². The molecule has 0 saturated carbocycles. The molecule has 0 unspecified atom stereocenters. The van der Waals surface area contributed by atoms with Gasteiger partial charge in [-0.15, -0.1) is 0 Å². The van der Waals surface area contributed by atoms with Crippen LogP contribution in [0.15, 0.2) is 18.2 Å². The summed E-state index contributed by atoms with van der Waals surface area (Å²) >= 11 is 11.6. The van der Waals surface area contributed by atoms with Crippen LogP contribution in [0.25, 0.3) is 0 Å². The Morgan fingerprint density at radius 3 is 2.71 bits per heavy atom. The van der Waals surface area contributed by atoms with Crippen LogP contribution in [0, 0.1) is 0 Å². The molecule has 0 heterocycles. The minimum atomic E-state index is -0.364. The van der Waals surface area contributed by atoms with Crippen molar-refractivity contribution in [3.8, 4) is 0 Å². The number of halogens is 2. The van der Waals surface area contributed by atoms with Crippen molar-refractivity contribution >= 4 is 34.9 Å². The molecule has 2 amide bonds. The summed E-state index contributed by atoms with van der Waals surface area (Å²) in [4.78, 5) is 11.6. The van der Waals surface area contributed by atoms with Gasteiger partial charge in [0.2, 0.25) is 0 Å². The number of carbonyl (C=O) groups excluding carboxylic acids is 1. The molecule has 17 heavy (non-hydrogen) atoms. The summed E-state index contributed by atoms with van der Waals surface area (Å²) in [5.41, 5.74) is 0.494. The van der Waals surface area contributed by atoms with Crippen molar-refractivity contribution in [2.24, 2.45) is 5.84 Å². The van der Waals surface area contributed by atoms with E-state index < -0.39 is 0 Å². The van der Waals surface area contributed by atoms with Crippen molar-refractivity contribution in [2.45, 2.75) is 19.8 Å². The predicted octanol–water partition coefficient (Wildman–Crippen LogP) is 3.18. The minimum absolute atomic E-state index is 0.362. The number of carbonyl (C=O) groups is 1. The van der Waals surface area contributed by atoms with Crippen molar-refractivity contribution in [3.05, 3.63) is 28.2 Å². The first-order valence-electron chi connectivity index (χ1n) is 5.34. The molecular formula is C11H15Cl2N3O. The van der Waals surface area contributed by atoms with Gasteiger partial charge in [0, 0.05) is 6.54 Å². The number of anilines is 1. The Labute approximate surface area is 111 Å². The second kappa shape index (κ2) is 6.69. The van der Waals surface area contributed by atoms with Gasteiger partial charge < -0.3 is 5.32 Å². The number of hydrogen-bond donors (Lipinski definition) is 2. The van der Waals surface area contributed by atoms with Crippen LogP contribution in [-0.4, -0.2) is 12.6 Å². The van der Waals surface area contributed by atoms with Gasteiger partial charge >= 0.3 is 6.03 Å². The van der Waals surface area contributed by atoms with Gasteiger partial charge in [-0.25, -0.2) is 15.6 Å². The molecular weight excluding hydrogens is 261 g/mol. The van der Waals surface area contributed by atoms with Crippen LogP contribution in [0.2, 0.25) is 10.0 Å². The van der Waals surface area contributed by atoms with Gasteiger partial charge in [-0.05, 0) is 24.6 Å². The minimum Gasteiger partial charge on any atom is -0.337 e. The van der Waals surface area contributed by atoms with Crippen molar-refractivity contribution in [3.63, 3.8) is 0 Å². The van der Waals surface area contributed by atoms with Crippen LogP contribution >= 0.6 is 23.2 Å². The zero-order valence-electron chi connectivity index (χ0n) is 9.54. The summed E-state index contributed by atoms with van der Waals surface area (Å²) in [7, 11) is 0. The maximum Gasteiger partial charge on any atom is 0.336 e. The summed E-state index contributed by atoms with van der Waals surface area (Å²) in [6, 6.07) is 4.41. The lowest BCUT2D eigenvalue weighted by molar-refractivity contribution is 0.246. The topological polar surface area (TPSA) is 58.4 Å². The molecule has 1 aromatic rings. The fourth-order valence-electron chi connectivity index (χ4n) is 1.21. The van der Waals surface area contributed by atoms with Crippen LogP contribution in [0.3, 0.4) is 0 Å². The van der Waals surface area contributed by atoms with Gasteiger partial charge in [0.1, 0.15) is 0 Å². The van der Waals surface area contributed by atoms with Crippen LogP contribution in [-0.2, 0) is 0 Å². The Bertz CT molecular complexity index is 398. The van der Waals surface area contributed by atoms with Gasteiger partial charge in [-0.2, -0.15) is 0 Å². The number of nitrogens with one attached hydrogen (secondary N) is 1. The monoisotopic (exact) mass is 275 g/mol. The van der Waals surface area contributed by atoms with E-state index >= 15 is 0 Å². The van der Waals surface area contributed by atoms with E-state index in [1.54, 1.807) is 18.2 Å². The third-order valence-electron chi connectivity index (χ3n) is 2.21. The molecule has 3 N–H and O–H groups in total. The molecule has 0 saturated heterocycles. The Kier molecular flexibility index (Phi) is 5.55. The molecule has 0 aliphatic heterocycles. The smallest absolute Gasteiger partial charge is 0.336 e. The molecule has 0 radical (unpaired) electrons. The van der Waals surface area contributed by atoms with E-state index in [2.05, 4.69) is 5.32 Å². The van der Waals surface area contributed by atoms with Crippen LogP contribution in [0.5, 0.6) is 0 Å². The van der Waals surface area contributed by atoms with Crippen molar-refractivity contribution in [2.75, 3.05) is 11.6 Å². The highest BCUT2D eigenvalue weighted by molar-refractivity contribution is 6.42. The molecule has 0 spiro atoms. The third-order valence-corrected chi connectivity index (χ3v) is 2.95. The fraction of sp³-hybridized carbons (Fsp3) is 0.364. The van der Waals surface area contributed by atoms with E-state index in [0.717, 1.165) is 17.9 Å². The summed E-state index contributed by atoms with van der Waals surface area (Å²) in [5.74, 6) is 5.66. The lowest BCUT2D eigenvalue weighted by Crippen LogP contribution is -2.45. The second-order valence-corrected chi connectivity index (χ2v) is 4.37. The van der Waals surface area contributed by atoms with Gasteiger partial charge in [-0.1, -0.05) is 36.5 Å². The molecule has 0 aliphatic rings. The van der Waals surface area contributed by atoms with E-state index in [4.69, 9.17) is 29.0 Å². The Hall–Kier alpha value is -0.970. The van der Waals surface area contributed by atoms with E-state index in [9.17, 15) is 4.79 Å². The maximum atomic E-state index is 11.6. The largest absolute Gasteiger partial charge is 0.337 e. The lowest BCUT2D eigenvalue weighted by Gasteiger charge is -2.17. The number of rotatable bonds is 4. The second-order valence-electron chi connectivity index (χ2n) is 3.55.